The molecule has 1 N–H and O–H groups in total. The summed E-state index contributed by atoms with van der Waals surface area (Å²) in [6, 6.07) is 11.2. The first-order valence-corrected chi connectivity index (χ1v) is 12.3. The number of pyridine rings is 2. The Bertz CT molecular complexity index is 1490. The van der Waals surface area contributed by atoms with Crippen molar-refractivity contribution in [2.75, 3.05) is 0 Å². The Hall–Kier alpha value is -3.66. The van der Waals surface area contributed by atoms with Crippen molar-refractivity contribution < 1.29 is 18.0 Å². The summed E-state index contributed by atoms with van der Waals surface area (Å²) >= 11 is 5.87. The van der Waals surface area contributed by atoms with E-state index in [0.717, 1.165) is 24.6 Å². The van der Waals surface area contributed by atoms with Crippen molar-refractivity contribution in [3.8, 4) is 5.69 Å². The van der Waals surface area contributed by atoms with Gasteiger partial charge in [0.2, 0.25) is 5.95 Å². The second kappa shape index (κ2) is 10.4. The highest BCUT2D eigenvalue weighted by atomic mass is 35.5. The number of hydrogen-bond donors (Lipinski definition) is 1. The summed E-state index contributed by atoms with van der Waals surface area (Å²) in [4.78, 5) is 33.4. The number of carbonyl (C=O) groups is 1. The number of imidazole rings is 1. The van der Waals surface area contributed by atoms with Gasteiger partial charge in [0.05, 0.1) is 33.5 Å². The molecule has 7 nitrogen and oxygen atoms in total. The van der Waals surface area contributed by atoms with Crippen LogP contribution in [0.2, 0.25) is 5.02 Å². The van der Waals surface area contributed by atoms with Crippen molar-refractivity contribution in [3.05, 3.63) is 87.6 Å². The fraction of sp³-hybridized carbons (Fsp3) is 0.308. The number of halogens is 4. The van der Waals surface area contributed by atoms with Gasteiger partial charge < -0.3 is 5.32 Å². The molecule has 0 spiro atoms. The molecule has 1 amide bonds. The zero-order valence-electron chi connectivity index (χ0n) is 19.6. The van der Waals surface area contributed by atoms with Crippen LogP contribution in [0.25, 0.3) is 16.7 Å². The van der Waals surface area contributed by atoms with Crippen LogP contribution in [0.5, 0.6) is 0 Å². The molecule has 0 aliphatic heterocycles. The average molecular weight is 530 g/mol. The van der Waals surface area contributed by atoms with Gasteiger partial charge >= 0.3 is 5.69 Å². The van der Waals surface area contributed by atoms with Crippen LogP contribution in [-0.4, -0.2) is 31.1 Å². The number of hydrogen-bond acceptors (Lipinski definition) is 4. The lowest BCUT2D eigenvalue weighted by Crippen LogP contribution is -2.39. The van der Waals surface area contributed by atoms with E-state index < -0.39 is 24.0 Å². The summed E-state index contributed by atoms with van der Waals surface area (Å²) in [5.41, 5.74) is 0.887. The van der Waals surface area contributed by atoms with Gasteiger partial charge in [0.25, 0.3) is 12.3 Å². The summed E-state index contributed by atoms with van der Waals surface area (Å²) < 4.78 is 43.2. The largest absolute Gasteiger partial charge is 0.349 e. The van der Waals surface area contributed by atoms with Crippen LogP contribution in [0.4, 0.5) is 13.2 Å². The van der Waals surface area contributed by atoms with Gasteiger partial charge in [0.15, 0.2) is 0 Å². The molecule has 5 rings (SSSR count). The van der Waals surface area contributed by atoms with Crippen LogP contribution in [-0.2, 0) is 6.54 Å². The molecular weight excluding hydrogens is 507 g/mol. The number of alkyl halides is 2. The van der Waals surface area contributed by atoms with Crippen molar-refractivity contribution in [2.24, 2.45) is 5.92 Å². The number of amides is 1. The van der Waals surface area contributed by atoms with Crippen molar-refractivity contribution in [1.29, 1.82) is 0 Å². The molecule has 4 aromatic rings. The molecular formula is C26H23ClF3N5O2. The molecule has 192 valence electrons. The average Bonchev–Trinajstić information content (AvgIpc) is 3.16. The van der Waals surface area contributed by atoms with Gasteiger partial charge in [-0.25, -0.2) is 18.6 Å². The van der Waals surface area contributed by atoms with E-state index >= 15 is 0 Å². The SMILES string of the molecule is O=C(NC1CCC(Cn2c(=O)n(-c3ccc(F)nc3)c3ccccc32)CC1)c1cc(Cl)cnc1C(F)F. The third kappa shape index (κ3) is 5.11. The summed E-state index contributed by atoms with van der Waals surface area (Å²) in [5, 5.41) is 2.94. The zero-order chi connectivity index (χ0) is 26.1. The Balaban J connectivity index is 1.30. The van der Waals surface area contributed by atoms with Crippen LogP contribution >= 0.6 is 11.6 Å². The third-order valence-electron chi connectivity index (χ3n) is 6.76. The summed E-state index contributed by atoms with van der Waals surface area (Å²) in [7, 11) is 0. The van der Waals surface area contributed by atoms with E-state index in [1.54, 1.807) is 4.57 Å². The highest BCUT2D eigenvalue weighted by Gasteiger charge is 2.27. The lowest BCUT2D eigenvalue weighted by molar-refractivity contribution is 0.0904. The Morgan fingerprint density at radius 3 is 2.46 bits per heavy atom. The lowest BCUT2D eigenvalue weighted by atomic mass is 9.85. The lowest BCUT2D eigenvalue weighted by Gasteiger charge is -2.29. The highest BCUT2D eigenvalue weighted by molar-refractivity contribution is 6.30. The van der Waals surface area contributed by atoms with Gasteiger partial charge in [-0.1, -0.05) is 23.7 Å². The molecule has 1 aromatic carbocycles. The number of aromatic nitrogens is 4. The topological polar surface area (TPSA) is 81.8 Å². The van der Waals surface area contributed by atoms with Crippen LogP contribution in [0.3, 0.4) is 0 Å². The number of rotatable bonds is 6. The molecule has 1 aliphatic carbocycles. The number of para-hydroxylation sites is 2. The van der Waals surface area contributed by atoms with Crippen LogP contribution < -0.4 is 11.0 Å². The fourth-order valence-corrected chi connectivity index (χ4v) is 5.11. The minimum atomic E-state index is -2.89. The van der Waals surface area contributed by atoms with Crippen LogP contribution in [0, 0.1) is 11.9 Å². The van der Waals surface area contributed by atoms with Gasteiger partial charge in [-0.15, -0.1) is 0 Å². The minimum Gasteiger partial charge on any atom is -0.349 e. The van der Waals surface area contributed by atoms with E-state index in [9.17, 15) is 22.8 Å². The fourth-order valence-electron chi connectivity index (χ4n) is 4.95. The van der Waals surface area contributed by atoms with Gasteiger partial charge in [-0.3, -0.25) is 18.9 Å². The number of benzene rings is 1. The van der Waals surface area contributed by atoms with Crippen molar-refractivity contribution in [1.82, 2.24) is 24.4 Å². The first kappa shape index (κ1) is 25.0. The second-order valence-electron chi connectivity index (χ2n) is 9.13. The molecule has 3 heterocycles. The van der Waals surface area contributed by atoms with E-state index in [0.29, 0.717) is 30.6 Å². The maximum atomic E-state index is 13.4. The maximum absolute atomic E-state index is 13.4. The predicted molar refractivity (Wildman–Crippen MR) is 133 cm³/mol. The highest BCUT2D eigenvalue weighted by Crippen LogP contribution is 2.28. The molecule has 1 fully saturated rings. The molecule has 0 saturated heterocycles. The van der Waals surface area contributed by atoms with Crippen molar-refractivity contribution >= 4 is 28.5 Å². The quantitative estimate of drug-likeness (QED) is 0.344. The minimum absolute atomic E-state index is 0.110. The Labute approximate surface area is 214 Å². The predicted octanol–water partition coefficient (Wildman–Crippen LogP) is 5.30. The zero-order valence-corrected chi connectivity index (χ0v) is 20.3. The normalized spacial score (nSPS) is 17.9. The molecule has 0 bridgehead atoms. The Morgan fingerprint density at radius 2 is 1.78 bits per heavy atom. The molecule has 11 heteroatoms. The first-order valence-electron chi connectivity index (χ1n) is 11.9. The summed E-state index contributed by atoms with van der Waals surface area (Å²) in [6.07, 6.45) is 2.30. The van der Waals surface area contributed by atoms with Crippen molar-refractivity contribution in [3.63, 3.8) is 0 Å². The van der Waals surface area contributed by atoms with E-state index in [1.807, 2.05) is 24.3 Å². The smallest absolute Gasteiger partial charge is 0.333 e. The number of carbonyl (C=O) groups excluding carboxylic acids is 1. The molecule has 0 radical (unpaired) electrons. The molecule has 1 saturated carbocycles. The number of fused-ring (bicyclic) bond motifs is 1. The van der Waals surface area contributed by atoms with E-state index in [2.05, 4.69) is 15.3 Å². The molecule has 0 atom stereocenters. The summed E-state index contributed by atoms with van der Waals surface area (Å²) in [5.74, 6) is -1.07. The van der Waals surface area contributed by atoms with E-state index in [4.69, 9.17) is 11.6 Å². The van der Waals surface area contributed by atoms with E-state index in [1.165, 1.54) is 29.0 Å². The van der Waals surface area contributed by atoms with Gasteiger partial charge in [0, 0.05) is 18.8 Å². The molecule has 1 aliphatic rings. The summed E-state index contributed by atoms with van der Waals surface area (Å²) in [6.45, 7) is 0.482. The van der Waals surface area contributed by atoms with E-state index in [-0.39, 0.29) is 28.2 Å². The Morgan fingerprint density at radius 1 is 1.05 bits per heavy atom. The second-order valence-corrected chi connectivity index (χ2v) is 9.57. The number of nitrogens with zero attached hydrogens (tertiary/aromatic N) is 4. The molecule has 3 aromatic heterocycles. The Kier molecular flexibility index (Phi) is 7.01. The molecule has 0 unspecified atom stereocenters. The third-order valence-corrected chi connectivity index (χ3v) is 6.97. The number of nitrogens with one attached hydrogen (secondary N) is 1. The maximum Gasteiger partial charge on any atom is 0.333 e. The molecule has 37 heavy (non-hydrogen) atoms. The first-order chi connectivity index (χ1) is 17.8. The van der Waals surface area contributed by atoms with Crippen molar-refractivity contribution in [2.45, 2.75) is 44.7 Å². The van der Waals surface area contributed by atoms with Crippen LogP contribution in [0.15, 0.2) is 59.7 Å². The van der Waals surface area contributed by atoms with Gasteiger partial charge in [0.1, 0.15) is 5.69 Å². The monoisotopic (exact) mass is 529 g/mol. The van der Waals surface area contributed by atoms with Gasteiger partial charge in [-0.2, -0.15) is 4.39 Å². The van der Waals surface area contributed by atoms with Crippen LogP contribution in [0.1, 0.15) is 48.2 Å². The standard InChI is InChI=1S/C26H23ClF3N5O2/c27-16-11-19(23(24(29)30)32-12-16)25(36)33-17-7-5-15(6-8-17)14-34-20-3-1-2-4-21(20)35(26(34)37)18-9-10-22(28)31-13-18/h1-4,9-13,15,17,24H,5-8,14H2,(H,33,36). The van der Waals surface area contributed by atoms with Gasteiger partial charge in [-0.05, 0) is 61.9 Å².